The van der Waals surface area contributed by atoms with Gasteiger partial charge in [-0.15, -0.1) is 0 Å². The molecule has 29 heavy (non-hydrogen) atoms. The van der Waals surface area contributed by atoms with E-state index in [0.29, 0.717) is 35.2 Å². The lowest BCUT2D eigenvalue weighted by Gasteiger charge is -2.28. The summed E-state index contributed by atoms with van der Waals surface area (Å²) in [5.74, 6) is -0.796. The van der Waals surface area contributed by atoms with Gasteiger partial charge in [-0.2, -0.15) is 0 Å². The number of aromatic nitrogens is 1. The molecular formula is C23H23F2N3O. The van der Waals surface area contributed by atoms with Crippen LogP contribution in [0.1, 0.15) is 48.1 Å². The maximum absolute atomic E-state index is 14.0. The SMILES string of the molecule is CC(Nc1c(C(=O)N2CCCCC2)cnc2ccc(F)cc12)c1ccc(F)cc1. The van der Waals surface area contributed by atoms with E-state index in [1.165, 1.54) is 24.3 Å². The summed E-state index contributed by atoms with van der Waals surface area (Å²) in [6.07, 6.45) is 4.65. The lowest BCUT2D eigenvalue weighted by molar-refractivity contribution is 0.0725. The topological polar surface area (TPSA) is 45.2 Å². The molecule has 1 aromatic heterocycles. The van der Waals surface area contributed by atoms with Crippen LogP contribution in [-0.4, -0.2) is 28.9 Å². The molecule has 4 rings (SSSR count). The van der Waals surface area contributed by atoms with Crippen molar-refractivity contribution in [1.82, 2.24) is 9.88 Å². The molecule has 3 aromatic rings. The highest BCUT2D eigenvalue weighted by atomic mass is 19.1. The Morgan fingerprint density at radius 3 is 2.45 bits per heavy atom. The Bertz CT molecular complexity index is 1030. The Hall–Kier alpha value is -3.02. The second-order valence-corrected chi connectivity index (χ2v) is 7.48. The largest absolute Gasteiger partial charge is 0.377 e. The van der Waals surface area contributed by atoms with Gasteiger partial charge in [-0.05, 0) is 62.1 Å². The molecule has 0 bridgehead atoms. The highest BCUT2D eigenvalue weighted by molar-refractivity contribution is 6.07. The average molecular weight is 395 g/mol. The molecule has 0 saturated carbocycles. The predicted octanol–water partition coefficient (Wildman–Crippen LogP) is 5.31. The Balaban J connectivity index is 1.76. The number of anilines is 1. The zero-order valence-corrected chi connectivity index (χ0v) is 16.3. The summed E-state index contributed by atoms with van der Waals surface area (Å²) in [5.41, 5.74) is 2.46. The van der Waals surface area contributed by atoms with E-state index < -0.39 is 0 Å². The van der Waals surface area contributed by atoms with Crippen LogP contribution in [0, 0.1) is 11.6 Å². The molecule has 1 amide bonds. The summed E-state index contributed by atoms with van der Waals surface area (Å²) < 4.78 is 27.3. The molecule has 150 valence electrons. The third kappa shape index (κ3) is 4.06. The number of amides is 1. The lowest BCUT2D eigenvalue weighted by atomic mass is 10.0. The summed E-state index contributed by atoms with van der Waals surface area (Å²) in [6, 6.07) is 10.3. The minimum Gasteiger partial charge on any atom is -0.377 e. The summed E-state index contributed by atoms with van der Waals surface area (Å²) in [4.78, 5) is 19.4. The molecular weight excluding hydrogens is 372 g/mol. The molecule has 2 aromatic carbocycles. The van der Waals surface area contributed by atoms with E-state index in [0.717, 1.165) is 24.8 Å². The number of hydrogen-bond acceptors (Lipinski definition) is 3. The number of halogens is 2. The van der Waals surface area contributed by atoms with Crippen LogP contribution >= 0.6 is 0 Å². The van der Waals surface area contributed by atoms with Gasteiger partial charge in [-0.3, -0.25) is 9.78 Å². The predicted molar refractivity (Wildman–Crippen MR) is 110 cm³/mol. The fraction of sp³-hybridized carbons (Fsp3) is 0.304. The van der Waals surface area contributed by atoms with Crippen LogP contribution in [0.3, 0.4) is 0 Å². The molecule has 1 unspecified atom stereocenters. The van der Waals surface area contributed by atoms with Crippen molar-refractivity contribution in [3.8, 4) is 0 Å². The first-order valence-electron chi connectivity index (χ1n) is 9.92. The first-order valence-corrected chi connectivity index (χ1v) is 9.92. The van der Waals surface area contributed by atoms with E-state index in [1.807, 2.05) is 11.8 Å². The molecule has 0 aliphatic carbocycles. The van der Waals surface area contributed by atoms with Crippen LogP contribution in [0.2, 0.25) is 0 Å². The molecule has 4 nitrogen and oxygen atoms in total. The number of likely N-dealkylation sites (tertiary alicyclic amines) is 1. The fourth-order valence-electron chi connectivity index (χ4n) is 3.80. The van der Waals surface area contributed by atoms with Gasteiger partial charge in [0.15, 0.2) is 0 Å². The zero-order valence-electron chi connectivity index (χ0n) is 16.3. The van der Waals surface area contributed by atoms with Crippen molar-refractivity contribution in [3.63, 3.8) is 0 Å². The van der Waals surface area contributed by atoms with Crippen molar-refractivity contribution in [2.45, 2.75) is 32.2 Å². The lowest BCUT2D eigenvalue weighted by Crippen LogP contribution is -2.36. The van der Waals surface area contributed by atoms with Gasteiger partial charge in [0.2, 0.25) is 0 Å². The highest BCUT2D eigenvalue weighted by Crippen LogP contribution is 2.31. The third-order valence-electron chi connectivity index (χ3n) is 5.43. The van der Waals surface area contributed by atoms with Gasteiger partial charge >= 0.3 is 0 Å². The molecule has 1 saturated heterocycles. The normalized spacial score (nSPS) is 15.3. The monoisotopic (exact) mass is 395 g/mol. The molecule has 1 aliphatic rings. The molecule has 6 heteroatoms. The Morgan fingerprint density at radius 2 is 1.72 bits per heavy atom. The number of hydrogen-bond donors (Lipinski definition) is 1. The molecule has 2 heterocycles. The number of nitrogens with one attached hydrogen (secondary N) is 1. The molecule has 1 fully saturated rings. The number of carbonyl (C=O) groups excluding carboxylic acids is 1. The van der Waals surface area contributed by atoms with Gasteiger partial charge in [-0.1, -0.05) is 12.1 Å². The van der Waals surface area contributed by atoms with Crippen molar-refractivity contribution < 1.29 is 13.6 Å². The zero-order chi connectivity index (χ0) is 20.4. The van der Waals surface area contributed by atoms with Crippen molar-refractivity contribution in [2.24, 2.45) is 0 Å². The van der Waals surface area contributed by atoms with Crippen LogP contribution in [-0.2, 0) is 0 Å². The number of benzene rings is 2. The average Bonchev–Trinajstić information content (AvgIpc) is 2.74. The van der Waals surface area contributed by atoms with Crippen LogP contribution in [0.5, 0.6) is 0 Å². The van der Waals surface area contributed by atoms with Crippen LogP contribution < -0.4 is 5.32 Å². The molecule has 1 aliphatic heterocycles. The third-order valence-corrected chi connectivity index (χ3v) is 5.43. The van der Waals surface area contributed by atoms with Gasteiger partial charge in [0.1, 0.15) is 11.6 Å². The Kier molecular flexibility index (Phi) is 5.43. The van der Waals surface area contributed by atoms with E-state index in [-0.39, 0.29) is 23.6 Å². The number of fused-ring (bicyclic) bond motifs is 1. The summed E-state index contributed by atoms with van der Waals surface area (Å²) >= 11 is 0. The standard InChI is InChI=1S/C23H23F2N3O/c1-15(16-5-7-17(24)8-6-16)27-22-19-13-18(25)9-10-21(19)26-14-20(22)23(29)28-11-3-2-4-12-28/h5-10,13-15H,2-4,11-12H2,1H3,(H,26,27). The van der Waals surface area contributed by atoms with Gasteiger partial charge in [0.25, 0.3) is 5.91 Å². The number of piperidine rings is 1. The maximum Gasteiger partial charge on any atom is 0.257 e. The van der Waals surface area contributed by atoms with Gasteiger partial charge in [-0.25, -0.2) is 8.78 Å². The van der Waals surface area contributed by atoms with Crippen LogP contribution in [0.25, 0.3) is 10.9 Å². The van der Waals surface area contributed by atoms with Crippen molar-refractivity contribution in [1.29, 1.82) is 0 Å². The highest BCUT2D eigenvalue weighted by Gasteiger charge is 2.24. The number of nitrogens with zero attached hydrogens (tertiary/aromatic N) is 2. The van der Waals surface area contributed by atoms with Gasteiger partial charge in [0, 0.05) is 30.7 Å². The summed E-state index contributed by atoms with van der Waals surface area (Å²) in [6.45, 7) is 3.36. The van der Waals surface area contributed by atoms with Gasteiger partial charge < -0.3 is 10.2 Å². The summed E-state index contributed by atoms with van der Waals surface area (Å²) in [7, 11) is 0. The van der Waals surface area contributed by atoms with E-state index in [9.17, 15) is 13.6 Å². The number of carbonyl (C=O) groups is 1. The van der Waals surface area contributed by atoms with Crippen LogP contribution in [0.4, 0.5) is 14.5 Å². The summed E-state index contributed by atoms with van der Waals surface area (Å²) in [5, 5.41) is 3.92. The molecule has 0 radical (unpaired) electrons. The first kappa shape index (κ1) is 19.3. The quantitative estimate of drug-likeness (QED) is 0.651. The second kappa shape index (κ2) is 8.15. The number of pyridine rings is 1. The van der Waals surface area contributed by atoms with E-state index in [2.05, 4.69) is 10.3 Å². The van der Waals surface area contributed by atoms with Gasteiger partial charge in [0.05, 0.1) is 16.8 Å². The minimum absolute atomic E-state index is 0.0998. The smallest absolute Gasteiger partial charge is 0.257 e. The minimum atomic E-state index is -0.389. The van der Waals surface area contributed by atoms with E-state index in [4.69, 9.17) is 0 Å². The van der Waals surface area contributed by atoms with E-state index in [1.54, 1.807) is 24.4 Å². The Labute approximate surface area is 168 Å². The Morgan fingerprint density at radius 1 is 1.03 bits per heavy atom. The molecule has 1 N–H and O–H groups in total. The van der Waals surface area contributed by atoms with E-state index >= 15 is 0 Å². The first-order chi connectivity index (χ1) is 14.0. The fourth-order valence-corrected chi connectivity index (χ4v) is 3.80. The second-order valence-electron chi connectivity index (χ2n) is 7.48. The maximum atomic E-state index is 14.0. The molecule has 1 atom stereocenters. The van der Waals surface area contributed by atoms with Crippen molar-refractivity contribution in [3.05, 3.63) is 71.4 Å². The van der Waals surface area contributed by atoms with Crippen LogP contribution in [0.15, 0.2) is 48.7 Å². The molecule has 0 spiro atoms. The van der Waals surface area contributed by atoms with Crippen molar-refractivity contribution in [2.75, 3.05) is 18.4 Å². The number of rotatable bonds is 4. The van der Waals surface area contributed by atoms with Crippen molar-refractivity contribution >= 4 is 22.5 Å².